The Bertz CT molecular complexity index is 1410. The van der Waals surface area contributed by atoms with Gasteiger partial charge in [0.1, 0.15) is 0 Å². The van der Waals surface area contributed by atoms with Gasteiger partial charge in [-0.15, -0.1) is 0 Å². The molecule has 0 aliphatic carbocycles. The summed E-state index contributed by atoms with van der Waals surface area (Å²) in [5.74, 6) is -0.400. The summed E-state index contributed by atoms with van der Waals surface area (Å²) in [6.07, 6.45) is -3.16. The maximum atomic E-state index is 13.1. The minimum atomic E-state index is -4.55. The van der Waals surface area contributed by atoms with Crippen LogP contribution >= 0.6 is 0 Å². The number of rotatable bonds is 5. The summed E-state index contributed by atoms with van der Waals surface area (Å²) < 4.78 is 41.1. The van der Waals surface area contributed by atoms with Crippen LogP contribution < -0.4 is 5.32 Å². The molecule has 0 atom stereocenters. The van der Waals surface area contributed by atoms with Crippen LogP contribution in [-0.2, 0) is 17.5 Å². The van der Waals surface area contributed by atoms with E-state index in [1.807, 2.05) is 48.5 Å². The molecule has 4 aromatic rings. The predicted octanol–water partition coefficient (Wildman–Crippen LogP) is 5.42. The van der Waals surface area contributed by atoms with Crippen LogP contribution in [-0.4, -0.2) is 32.8 Å². The van der Waals surface area contributed by atoms with Gasteiger partial charge in [-0.1, -0.05) is 30.3 Å². The SMILES string of the molecule is O=C(Nc1nc2cc(CN3CCCC3=O)ccc2n1-c1ccccc1)c1cccc(C(F)(F)F)c1. The van der Waals surface area contributed by atoms with E-state index in [9.17, 15) is 22.8 Å². The van der Waals surface area contributed by atoms with Gasteiger partial charge in [0, 0.05) is 30.8 Å². The summed E-state index contributed by atoms with van der Waals surface area (Å²) in [5.41, 5.74) is 1.92. The van der Waals surface area contributed by atoms with Crippen LogP contribution in [0.5, 0.6) is 0 Å². The number of likely N-dealkylation sites (tertiary alicyclic amines) is 1. The molecule has 1 aromatic heterocycles. The molecule has 35 heavy (non-hydrogen) atoms. The van der Waals surface area contributed by atoms with E-state index >= 15 is 0 Å². The topological polar surface area (TPSA) is 67.2 Å². The average molecular weight is 478 g/mol. The second kappa shape index (κ2) is 8.90. The third kappa shape index (κ3) is 4.62. The molecule has 5 rings (SSSR count). The molecule has 2 heterocycles. The lowest BCUT2D eigenvalue weighted by atomic mass is 10.1. The number of alkyl halides is 3. The number of hydrogen-bond donors (Lipinski definition) is 1. The van der Waals surface area contributed by atoms with Crippen molar-refractivity contribution in [2.45, 2.75) is 25.6 Å². The first-order valence-electron chi connectivity index (χ1n) is 11.1. The standard InChI is InChI=1S/C26H21F3N4O2/c27-26(28,29)19-7-4-6-18(15-19)24(35)31-25-30-21-14-17(16-32-13-5-10-23(32)34)11-12-22(21)33(25)20-8-2-1-3-9-20/h1-4,6-9,11-12,14-15H,5,10,13,16H2,(H,30,31,35). The number of nitrogens with one attached hydrogen (secondary N) is 1. The lowest BCUT2D eigenvalue weighted by Crippen LogP contribution is -2.23. The van der Waals surface area contributed by atoms with Crippen molar-refractivity contribution in [3.8, 4) is 5.69 Å². The smallest absolute Gasteiger partial charge is 0.338 e. The maximum Gasteiger partial charge on any atom is 0.416 e. The van der Waals surface area contributed by atoms with Crippen molar-refractivity contribution in [3.63, 3.8) is 0 Å². The molecule has 1 N–H and O–H groups in total. The molecule has 1 fully saturated rings. The summed E-state index contributed by atoms with van der Waals surface area (Å²) in [6, 6.07) is 19.1. The number of amides is 2. The minimum absolute atomic E-state index is 0.119. The molecule has 2 amide bonds. The Morgan fingerprint density at radius 1 is 1.00 bits per heavy atom. The fourth-order valence-electron chi connectivity index (χ4n) is 4.25. The third-order valence-electron chi connectivity index (χ3n) is 5.96. The summed E-state index contributed by atoms with van der Waals surface area (Å²) in [6.45, 7) is 1.19. The van der Waals surface area contributed by atoms with E-state index in [0.29, 0.717) is 30.5 Å². The van der Waals surface area contributed by atoms with Crippen LogP contribution in [0, 0.1) is 0 Å². The number of para-hydroxylation sites is 1. The number of aromatic nitrogens is 2. The Labute approximate surface area is 199 Å². The van der Waals surface area contributed by atoms with Gasteiger partial charge in [0.15, 0.2) is 0 Å². The number of anilines is 1. The van der Waals surface area contributed by atoms with Gasteiger partial charge in [-0.05, 0) is 54.4 Å². The molecule has 0 bridgehead atoms. The summed E-state index contributed by atoms with van der Waals surface area (Å²) >= 11 is 0. The minimum Gasteiger partial charge on any atom is -0.338 e. The number of halogens is 3. The van der Waals surface area contributed by atoms with Crippen molar-refractivity contribution in [1.82, 2.24) is 14.5 Å². The van der Waals surface area contributed by atoms with Crippen molar-refractivity contribution in [3.05, 3.63) is 89.5 Å². The van der Waals surface area contributed by atoms with Gasteiger partial charge in [0.25, 0.3) is 5.91 Å². The van der Waals surface area contributed by atoms with Crippen molar-refractivity contribution in [2.75, 3.05) is 11.9 Å². The first-order valence-corrected chi connectivity index (χ1v) is 11.1. The lowest BCUT2D eigenvalue weighted by molar-refractivity contribution is -0.137. The highest BCUT2D eigenvalue weighted by Crippen LogP contribution is 2.30. The lowest BCUT2D eigenvalue weighted by Gasteiger charge is -2.15. The normalized spacial score (nSPS) is 14.0. The van der Waals surface area contributed by atoms with Gasteiger partial charge in [0.2, 0.25) is 11.9 Å². The highest BCUT2D eigenvalue weighted by atomic mass is 19.4. The molecule has 178 valence electrons. The second-order valence-corrected chi connectivity index (χ2v) is 8.38. The fraction of sp³-hybridized carbons (Fsp3) is 0.192. The molecule has 6 nitrogen and oxygen atoms in total. The molecule has 9 heteroatoms. The first kappa shape index (κ1) is 22.6. The first-order chi connectivity index (χ1) is 16.8. The van der Waals surface area contributed by atoms with Crippen molar-refractivity contribution < 1.29 is 22.8 Å². The zero-order valence-corrected chi connectivity index (χ0v) is 18.5. The third-order valence-corrected chi connectivity index (χ3v) is 5.96. The van der Waals surface area contributed by atoms with E-state index in [1.165, 1.54) is 12.1 Å². The molecule has 3 aromatic carbocycles. The Kier molecular flexibility index (Phi) is 5.76. The summed E-state index contributed by atoms with van der Waals surface area (Å²) in [4.78, 5) is 31.3. The van der Waals surface area contributed by atoms with Gasteiger partial charge < -0.3 is 4.90 Å². The Morgan fingerprint density at radius 2 is 1.80 bits per heavy atom. The van der Waals surface area contributed by atoms with Gasteiger partial charge in [-0.3, -0.25) is 19.5 Å². The van der Waals surface area contributed by atoms with E-state index in [0.717, 1.165) is 29.8 Å². The maximum absolute atomic E-state index is 13.1. The number of carbonyl (C=O) groups excluding carboxylic acids is 2. The summed E-state index contributed by atoms with van der Waals surface area (Å²) in [5, 5.41) is 2.67. The number of hydrogen-bond acceptors (Lipinski definition) is 3. The van der Waals surface area contributed by atoms with Crippen molar-refractivity contribution in [1.29, 1.82) is 0 Å². The van der Waals surface area contributed by atoms with Gasteiger partial charge in [-0.2, -0.15) is 13.2 Å². The van der Waals surface area contributed by atoms with Crippen molar-refractivity contribution >= 4 is 28.8 Å². The fourth-order valence-corrected chi connectivity index (χ4v) is 4.25. The van der Waals surface area contributed by atoms with Crippen LogP contribution in [0.3, 0.4) is 0 Å². The van der Waals surface area contributed by atoms with Crippen LogP contribution in [0.4, 0.5) is 19.1 Å². The largest absolute Gasteiger partial charge is 0.416 e. The van der Waals surface area contributed by atoms with E-state index in [4.69, 9.17) is 0 Å². The number of fused-ring (bicyclic) bond motifs is 1. The van der Waals surface area contributed by atoms with E-state index < -0.39 is 17.6 Å². The van der Waals surface area contributed by atoms with Crippen molar-refractivity contribution in [2.24, 2.45) is 0 Å². The average Bonchev–Trinajstić information content (AvgIpc) is 3.41. The zero-order valence-electron chi connectivity index (χ0n) is 18.5. The molecule has 1 aliphatic rings. The quantitative estimate of drug-likeness (QED) is 0.417. The number of carbonyl (C=O) groups is 2. The van der Waals surface area contributed by atoms with Gasteiger partial charge >= 0.3 is 6.18 Å². The zero-order chi connectivity index (χ0) is 24.6. The van der Waals surface area contributed by atoms with Crippen LogP contribution in [0.25, 0.3) is 16.7 Å². The van der Waals surface area contributed by atoms with Crippen LogP contribution in [0.2, 0.25) is 0 Å². The van der Waals surface area contributed by atoms with E-state index in [1.54, 1.807) is 9.47 Å². The monoisotopic (exact) mass is 478 g/mol. The van der Waals surface area contributed by atoms with Gasteiger partial charge in [-0.25, -0.2) is 4.98 Å². The molecular weight excluding hydrogens is 457 g/mol. The molecule has 0 radical (unpaired) electrons. The molecule has 0 spiro atoms. The number of imidazole rings is 1. The Morgan fingerprint density at radius 3 is 2.51 bits per heavy atom. The van der Waals surface area contributed by atoms with Crippen LogP contribution in [0.1, 0.15) is 34.3 Å². The van der Waals surface area contributed by atoms with E-state index in [-0.39, 0.29) is 17.4 Å². The molecule has 0 saturated carbocycles. The van der Waals surface area contributed by atoms with E-state index in [2.05, 4.69) is 10.3 Å². The molecule has 1 aliphatic heterocycles. The predicted molar refractivity (Wildman–Crippen MR) is 125 cm³/mol. The molecular formula is C26H21F3N4O2. The number of nitrogens with zero attached hydrogens (tertiary/aromatic N) is 3. The molecule has 0 unspecified atom stereocenters. The molecule has 1 saturated heterocycles. The number of benzene rings is 3. The second-order valence-electron chi connectivity index (χ2n) is 8.38. The highest BCUT2D eigenvalue weighted by molar-refractivity contribution is 6.04. The van der Waals surface area contributed by atoms with Gasteiger partial charge in [0.05, 0.1) is 16.6 Å². The summed E-state index contributed by atoms with van der Waals surface area (Å²) in [7, 11) is 0. The Hall–Kier alpha value is -4.14. The Balaban J connectivity index is 1.52. The van der Waals surface area contributed by atoms with Crippen LogP contribution in [0.15, 0.2) is 72.8 Å². The highest BCUT2D eigenvalue weighted by Gasteiger charge is 2.31.